The van der Waals surface area contributed by atoms with Gasteiger partial charge in [-0.15, -0.1) is 11.8 Å². The monoisotopic (exact) mass is 633 g/mol. The summed E-state index contributed by atoms with van der Waals surface area (Å²) < 4.78 is 5.71. The molecule has 0 heterocycles. The molecule has 0 bridgehead atoms. The molecule has 1 atom stereocenters. The van der Waals surface area contributed by atoms with Crippen molar-refractivity contribution in [2.45, 2.75) is 24.0 Å². The highest BCUT2D eigenvalue weighted by Crippen LogP contribution is 2.30. The quantitative estimate of drug-likeness (QED) is 0.115. The van der Waals surface area contributed by atoms with Crippen LogP contribution in [-0.4, -0.2) is 29.6 Å². The number of thioether (sulfide) groups is 1. The summed E-state index contributed by atoms with van der Waals surface area (Å²) in [6.07, 6.45) is 1.58. The van der Waals surface area contributed by atoms with Crippen LogP contribution in [0.4, 0.5) is 11.4 Å². The first-order valence-electron chi connectivity index (χ1n) is 13.4. The zero-order valence-electron chi connectivity index (χ0n) is 23.4. The van der Waals surface area contributed by atoms with Crippen molar-refractivity contribution in [2.24, 2.45) is 0 Å². The molecule has 4 aromatic carbocycles. The molecule has 0 aliphatic carbocycles. The minimum absolute atomic E-state index is 0.0326. The summed E-state index contributed by atoms with van der Waals surface area (Å²) in [4.78, 5) is 40.1. The van der Waals surface area contributed by atoms with Gasteiger partial charge in [-0.05, 0) is 74.5 Å². The first-order valence-corrected chi connectivity index (χ1v) is 15.0. The molecule has 0 radical (unpaired) electrons. The predicted molar refractivity (Wildman–Crippen MR) is 175 cm³/mol. The number of carbonyl (C=O) groups is 3. The number of rotatable bonds is 11. The largest absolute Gasteiger partial charge is 0.493 e. The maximum Gasteiger partial charge on any atom is 0.272 e. The number of nitrogens with one attached hydrogen (secondary N) is 3. The fourth-order valence-electron chi connectivity index (χ4n) is 3.92. The molecule has 0 saturated heterocycles. The van der Waals surface area contributed by atoms with Crippen molar-refractivity contribution in [1.29, 1.82) is 0 Å². The fourth-order valence-corrected chi connectivity index (χ4v) is 5.18. The third-order valence-electron chi connectivity index (χ3n) is 6.01. The van der Waals surface area contributed by atoms with Gasteiger partial charge in [-0.3, -0.25) is 14.4 Å². The molecule has 0 spiro atoms. The highest BCUT2D eigenvalue weighted by atomic mass is 35.5. The second kappa shape index (κ2) is 15.3. The Morgan fingerprint density at radius 1 is 0.884 bits per heavy atom. The summed E-state index contributed by atoms with van der Waals surface area (Å²) in [5.41, 5.74) is 1.98. The maximum absolute atomic E-state index is 13.5. The molecule has 3 amide bonds. The average Bonchev–Trinajstić information content (AvgIpc) is 3.00. The Hall–Kier alpha value is -4.24. The van der Waals surface area contributed by atoms with Crippen molar-refractivity contribution in [3.05, 3.63) is 124 Å². The number of halogens is 2. The highest BCUT2D eigenvalue weighted by Gasteiger charge is 2.18. The van der Waals surface area contributed by atoms with E-state index in [0.29, 0.717) is 44.9 Å². The standard InChI is InChI=1S/C33H29Cl2N3O4S/c1-3-42-30-15-8-7-12-23(30)18-29(38-32(40)22-10-5-4-6-11-22)33(41)36-25-13-9-14-26(20-25)43-21(2)31(39)37-28-19-24(34)16-17-27(28)35/h4-21H,3H2,1-2H3,(H,36,41)(H,37,39)(H,38,40)/b29-18+. The lowest BCUT2D eigenvalue weighted by atomic mass is 10.1. The number of carbonyl (C=O) groups excluding carboxylic acids is 3. The number of hydrogen-bond donors (Lipinski definition) is 3. The van der Waals surface area contributed by atoms with Gasteiger partial charge in [0.15, 0.2) is 0 Å². The Balaban J connectivity index is 1.52. The minimum atomic E-state index is -0.529. The van der Waals surface area contributed by atoms with Crippen molar-refractivity contribution >= 4 is 70.1 Å². The predicted octanol–water partition coefficient (Wildman–Crippen LogP) is 7.92. The van der Waals surface area contributed by atoms with Gasteiger partial charge < -0.3 is 20.7 Å². The van der Waals surface area contributed by atoms with Crippen LogP contribution in [0.3, 0.4) is 0 Å². The van der Waals surface area contributed by atoms with Gasteiger partial charge in [-0.2, -0.15) is 0 Å². The Kier molecular flexibility index (Phi) is 11.3. The van der Waals surface area contributed by atoms with E-state index in [-0.39, 0.29) is 11.6 Å². The number of benzene rings is 4. The normalized spacial score (nSPS) is 11.8. The van der Waals surface area contributed by atoms with Gasteiger partial charge in [-0.25, -0.2) is 0 Å². The van der Waals surface area contributed by atoms with Crippen LogP contribution < -0.4 is 20.7 Å². The molecule has 3 N–H and O–H groups in total. The van der Waals surface area contributed by atoms with Crippen LogP contribution in [-0.2, 0) is 9.59 Å². The molecule has 4 rings (SSSR count). The highest BCUT2D eigenvalue weighted by molar-refractivity contribution is 8.00. The van der Waals surface area contributed by atoms with Crippen molar-refractivity contribution < 1.29 is 19.1 Å². The van der Waals surface area contributed by atoms with E-state index in [0.717, 1.165) is 4.90 Å². The van der Waals surface area contributed by atoms with Gasteiger partial charge in [0.25, 0.3) is 11.8 Å². The number of ether oxygens (including phenoxy) is 1. The van der Waals surface area contributed by atoms with E-state index in [9.17, 15) is 14.4 Å². The van der Waals surface area contributed by atoms with E-state index >= 15 is 0 Å². The van der Waals surface area contributed by atoms with Crippen molar-refractivity contribution in [3.8, 4) is 5.75 Å². The Morgan fingerprint density at radius 2 is 1.63 bits per heavy atom. The van der Waals surface area contributed by atoms with Crippen LogP contribution in [0.2, 0.25) is 10.0 Å². The third kappa shape index (κ3) is 9.12. The number of amides is 3. The summed E-state index contributed by atoms with van der Waals surface area (Å²) >= 11 is 13.5. The molecule has 0 aliphatic rings. The molecule has 7 nitrogen and oxygen atoms in total. The second-order valence-electron chi connectivity index (χ2n) is 9.20. The van der Waals surface area contributed by atoms with E-state index in [1.165, 1.54) is 11.8 Å². The maximum atomic E-state index is 13.5. The van der Waals surface area contributed by atoms with Crippen LogP contribution in [0.1, 0.15) is 29.8 Å². The summed E-state index contributed by atoms with van der Waals surface area (Å²) in [7, 11) is 0. The second-order valence-corrected chi connectivity index (χ2v) is 11.5. The van der Waals surface area contributed by atoms with Crippen molar-refractivity contribution in [2.75, 3.05) is 17.2 Å². The molecule has 0 aliphatic heterocycles. The molecular weight excluding hydrogens is 605 g/mol. The SMILES string of the molecule is CCOc1ccccc1/C=C(/NC(=O)c1ccccc1)C(=O)Nc1cccc(SC(C)C(=O)Nc2cc(Cl)ccc2Cl)c1. The van der Waals surface area contributed by atoms with Gasteiger partial charge in [0.2, 0.25) is 5.91 Å². The Labute approximate surface area is 264 Å². The average molecular weight is 635 g/mol. The molecule has 0 saturated carbocycles. The molecular formula is C33H29Cl2N3O4S. The van der Waals surface area contributed by atoms with Crippen LogP contribution in [0.25, 0.3) is 6.08 Å². The lowest BCUT2D eigenvalue weighted by Gasteiger charge is -2.15. The molecule has 4 aromatic rings. The number of hydrogen-bond acceptors (Lipinski definition) is 5. The lowest BCUT2D eigenvalue weighted by molar-refractivity contribution is -0.115. The van der Waals surface area contributed by atoms with E-state index in [2.05, 4.69) is 16.0 Å². The van der Waals surface area contributed by atoms with E-state index in [4.69, 9.17) is 27.9 Å². The zero-order chi connectivity index (χ0) is 30.8. The molecule has 0 aromatic heterocycles. The zero-order valence-corrected chi connectivity index (χ0v) is 25.7. The summed E-state index contributed by atoms with van der Waals surface area (Å²) in [6, 6.07) is 27.8. The topological polar surface area (TPSA) is 96.5 Å². The number of anilines is 2. The molecule has 1 unspecified atom stereocenters. The molecule has 220 valence electrons. The fraction of sp³-hybridized carbons (Fsp3) is 0.121. The van der Waals surface area contributed by atoms with Gasteiger partial charge in [0, 0.05) is 26.7 Å². The molecule has 0 fully saturated rings. The van der Waals surface area contributed by atoms with Gasteiger partial charge in [-0.1, -0.05) is 65.7 Å². The Morgan fingerprint density at radius 3 is 2.40 bits per heavy atom. The van der Waals surface area contributed by atoms with Crippen molar-refractivity contribution in [1.82, 2.24) is 5.32 Å². The smallest absolute Gasteiger partial charge is 0.272 e. The van der Waals surface area contributed by atoms with Crippen LogP contribution in [0, 0.1) is 0 Å². The minimum Gasteiger partial charge on any atom is -0.493 e. The summed E-state index contributed by atoms with van der Waals surface area (Å²) in [5, 5.41) is 8.75. The summed E-state index contributed by atoms with van der Waals surface area (Å²) in [5.74, 6) is -0.640. The van der Waals surface area contributed by atoms with Gasteiger partial charge in [0.1, 0.15) is 11.4 Å². The van der Waals surface area contributed by atoms with Crippen LogP contribution >= 0.6 is 35.0 Å². The van der Waals surface area contributed by atoms with Gasteiger partial charge in [0.05, 0.1) is 22.6 Å². The van der Waals surface area contributed by atoms with Crippen LogP contribution in [0.5, 0.6) is 5.75 Å². The lowest BCUT2D eigenvalue weighted by Crippen LogP contribution is -2.30. The number of para-hydroxylation sites is 1. The van der Waals surface area contributed by atoms with E-state index in [1.54, 1.807) is 91.9 Å². The van der Waals surface area contributed by atoms with Crippen molar-refractivity contribution in [3.63, 3.8) is 0 Å². The summed E-state index contributed by atoms with van der Waals surface area (Å²) in [6.45, 7) is 4.07. The van der Waals surface area contributed by atoms with E-state index in [1.807, 2.05) is 25.1 Å². The van der Waals surface area contributed by atoms with Crippen LogP contribution in [0.15, 0.2) is 108 Å². The van der Waals surface area contributed by atoms with E-state index < -0.39 is 17.1 Å². The first-order chi connectivity index (χ1) is 20.7. The first kappa shape index (κ1) is 31.7. The Bertz CT molecular complexity index is 1650. The van der Waals surface area contributed by atoms with Gasteiger partial charge >= 0.3 is 0 Å². The molecule has 10 heteroatoms. The molecule has 43 heavy (non-hydrogen) atoms. The third-order valence-corrected chi connectivity index (χ3v) is 7.67.